The highest BCUT2D eigenvalue weighted by Gasteiger charge is 2.11. The molecule has 0 aliphatic heterocycles. The van der Waals surface area contributed by atoms with Crippen molar-refractivity contribution in [2.45, 2.75) is 25.8 Å². The van der Waals surface area contributed by atoms with E-state index >= 15 is 0 Å². The molecule has 3 N–H and O–H groups in total. The Balaban J connectivity index is 2.63. The van der Waals surface area contributed by atoms with E-state index in [2.05, 4.69) is 5.32 Å². The van der Waals surface area contributed by atoms with E-state index < -0.39 is 0 Å². The van der Waals surface area contributed by atoms with E-state index in [1.807, 2.05) is 6.92 Å². The van der Waals surface area contributed by atoms with Crippen LogP contribution in [0.1, 0.15) is 30.1 Å². The van der Waals surface area contributed by atoms with Gasteiger partial charge >= 0.3 is 0 Å². The lowest BCUT2D eigenvalue weighted by Crippen LogP contribution is -2.32. The molecule has 1 atom stereocenters. The van der Waals surface area contributed by atoms with Gasteiger partial charge in [-0.3, -0.25) is 4.79 Å². The lowest BCUT2D eigenvalue weighted by Gasteiger charge is -2.13. The molecule has 1 aromatic rings. The summed E-state index contributed by atoms with van der Waals surface area (Å²) in [6.07, 6.45) is 1.62. The van der Waals surface area contributed by atoms with E-state index in [0.29, 0.717) is 5.88 Å². The van der Waals surface area contributed by atoms with Gasteiger partial charge in [-0.25, -0.2) is 0 Å². The average molecular weight is 258 g/mol. The van der Waals surface area contributed by atoms with Crippen molar-refractivity contribution in [3.05, 3.63) is 23.8 Å². The van der Waals surface area contributed by atoms with E-state index in [1.165, 1.54) is 18.2 Å². The predicted octanol–water partition coefficient (Wildman–Crippen LogP) is 2.24. The second-order valence-electron chi connectivity index (χ2n) is 3.94. The van der Waals surface area contributed by atoms with Crippen molar-refractivity contribution < 1.29 is 15.0 Å². The predicted molar refractivity (Wildman–Crippen MR) is 66.7 cm³/mol. The molecule has 0 heterocycles. The molecule has 1 rings (SSSR count). The van der Waals surface area contributed by atoms with Gasteiger partial charge in [0.1, 0.15) is 11.5 Å². The second kappa shape index (κ2) is 6.35. The molecule has 0 radical (unpaired) electrons. The van der Waals surface area contributed by atoms with Gasteiger partial charge in [-0.15, -0.1) is 11.6 Å². The first kappa shape index (κ1) is 13.6. The summed E-state index contributed by atoms with van der Waals surface area (Å²) in [6, 6.07) is 3.80. The van der Waals surface area contributed by atoms with Gasteiger partial charge in [0.25, 0.3) is 5.91 Å². The number of amides is 1. The summed E-state index contributed by atoms with van der Waals surface area (Å²) in [5, 5.41) is 21.3. The van der Waals surface area contributed by atoms with Crippen LogP contribution >= 0.6 is 11.6 Å². The van der Waals surface area contributed by atoms with Gasteiger partial charge in [0.2, 0.25) is 0 Å². The summed E-state index contributed by atoms with van der Waals surface area (Å²) in [5.74, 6) is -0.0296. The molecule has 1 aromatic carbocycles. The summed E-state index contributed by atoms with van der Waals surface area (Å²) >= 11 is 5.56. The van der Waals surface area contributed by atoms with Crippen LogP contribution in [0.15, 0.2) is 18.2 Å². The normalized spacial score (nSPS) is 12.1. The van der Waals surface area contributed by atoms with Gasteiger partial charge in [-0.1, -0.05) is 0 Å². The van der Waals surface area contributed by atoms with Crippen LogP contribution in [0.5, 0.6) is 11.5 Å². The molecule has 1 amide bonds. The Morgan fingerprint density at radius 1 is 1.35 bits per heavy atom. The Morgan fingerprint density at radius 3 is 2.47 bits per heavy atom. The Labute approximate surface area is 105 Å². The van der Waals surface area contributed by atoms with Crippen molar-refractivity contribution in [1.82, 2.24) is 5.32 Å². The maximum atomic E-state index is 11.8. The minimum absolute atomic E-state index is 0.00532. The minimum Gasteiger partial charge on any atom is -0.508 e. The van der Waals surface area contributed by atoms with E-state index in [0.717, 1.165) is 12.8 Å². The van der Waals surface area contributed by atoms with Crippen LogP contribution < -0.4 is 5.32 Å². The molecule has 94 valence electrons. The van der Waals surface area contributed by atoms with Crippen LogP contribution in [-0.2, 0) is 0 Å². The molecule has 0 aliphatic carbocycles. The third-order valence-electron chi connectivity index (χ3n) is 2.31. The molecular formula is C12H16ClNO3. The van der Waals surface area contributed by atoms with Crippen molar-refractivity contribution in [3.8, 4) is 11.5 Å². The summed E-state index contributed by atoms with van der Waals surface area (Å²) in [6.45, 7) is 1.88. The van der Waals surface area contributed by atoms with Gasteiger partial charge in [0.05, 0.1) is 0 Å². The zero-order chi connectivity index (χ0) is 12.8. The molecule has 0 fully saturated rings. The number of nitrogens with one attached hydrogen (secondary N) is 1. The molecule has 0 aromatic heterocycles. The zero-order valence-electron chi connectivity index (χ0n) is 9.61. The van der Waals surface area contributed by atoms with Crippen LogP contribution in [0.25, 0.3) is 0 Å². The van der Waals surface area contributed by atoms with Gasteiger partial charge in [0, 0.05) is 23.6 Å². The fraction of sp³-hybridized carbons (Fsp3) is 0.417. The number of rotatable bonds is 5. The first-order chi connectivity index (χ1) is 8.02. The molecule has 0 spiro atoms. The van der Waals surface area contributed by atoms with Crippen molar-refractivity contribution in [2.75, 3.05) is 5.88 Å². The molecular weight excluding hydrogens is 242 g/mol. The number of carbonyl (C=O) groups is 1. The topological polar surface area (TPSA) is 69.6 Å². The molecule has 0 aliphatic rings. The highest BCUT2D eigenvalue weighted by Crippen LogP contribution is 2.20. The SMILES string of the molecule is CC(CCCCl)NC(=O)c1cc(O)cc(O)c1. The van der Waals surface area contributed by atoms with Gasteiger partial charge in [-0.2, -0.15) is 0 Å². The molecule has 5 heteroatoms. The largest absolute Gasteiger partial charge is 0.508 e. The first-order valence-corrected chi connectivity index (χ1v) is 5.96. The monoisotopic (exact) mass is 257 g/mol. The van der Waals surface area contributed by atoms with Gasteiger partial charge in [-0.05, 0) is 31.9 Å². The average Bonchev–Trinajstić information content (AvgIpc) is 2.25. The number of phenols is 2. The van der Waals surface area contributed by atoms with Crippen molar-refractivity contribution in [2.24, 2.45) is 0 Å². The molecule has 0 saturated heterocycles. The first-order valence-electron chi connectivity index (χ1n) is 5.42. The smallest absolute Gasteiger partial charge is 0.251 e. The molecule has 0 saturated carbocycles. The third-order valence-corrected chi connectivity index (χ3v) is 2.58. The standard InChI is InChI=1S/C12H16ClNO3/c1-8(3-2-4-13)14-12(17)9-5-10(15)7-11(16)6-9/h5-8,15-16H,2-4H2,1H3,(H,14,17). The van der Waals surface area contributed by atoms with Crippen LogP contribution in [0, 0.1) is 0 Å². The fourth-order valence-electron chi connectivity index (χ4n) is 1.49. The number of hydrogen-bond donors (Lipinski definition) is 3. The van der Waals surface area contributed by atoms with E-state index in [-0.39, 0.29) is 29.0 Å². The number of carbonyl (C=O) groups excluding carboxylic acids is 1. The van der Waals surface area contributed by atoms with Crippen molar-refractivity contribution in [1.29, 1.82) is 0 Å². The van der Waals surface area contributed by atoms with Gasteiger partial charge < -0.3 is 15.5 Å². The second-order valence-corrected chi connectivity index (χ2v) is 4.32. The van der Waals surface area contributed by atoms with Crippen LogP contribution in [-0.4, -0.2) is 28.0 Å². The number of halogens is 1. The number of benzene rings is 1. The zero-order valence-corrected chi connectivity index (χ0v) is 10.4. The quantitative estimate of drug-likeness (QED) is 0.709. The van der Waals surface area contributed by atoms with Crippen LogP contribution in [0.2, 0.25) is 0 Å². The molecule has 4 nitrogen and oxygen atoms in total. The Hall–Kier alpha value is -1.42. The Morgan fingerprint density at radius 2 is 1.94 bits per heavy atom. The lowest BCUT2D eigenvalue weighted by molar-refractivity contribution is 0.0937. The number of hydrogen-bond acceptors (Lipinski definition) is 3. The molecule has 17 heavy (non-hydrogen) atoms. The maximum Gasteiger partial charge on any atom is 0.251 e. The molecule has 1 unspecified atom stereocenters. The highest BCUT2D eigenvalue weighted by atomic mass is 35.5. The maximum absolute atomic E-state index is 11.8. The van der Waals surface area contributed by atoms with E-state index in [4.69, 9.17) is 11.6 Å². The fourth-order valence-corrected chi connectivity index (χ4v) is 1.64. The summed E-state index contributed by atoms with van der Waals surface area (Å²) in [4.78, 5) is 11.8. The van der Waals surface area contributed by atoms with Crippen LogP contribution in [0.4, 0.5) is 0 Å². The number of aromatic hydroxyl groups is 2. The summed E-state index contributed by atoms with van der Waals surface area (Å²) < 4.78 is 0. The molecule has 0 bridgehead atoms. The van der Waals surface area contributed by atoms with E-state index in [1.54, 1.807) is 0 Å². The Kier molecular flexibility index (Phi) is 5.10. The van der Waals surface area contributed by atoms with Crippen LogP contribution in [0.3, 0.4) is 0 Å². The van der Waals surface area contributed by atoms with E-state index in [9.17, 15) is 15.0 Å². The third kappa shape index (κ3) is 4.53. The van der Waals surface area contributed by atoms with Crippen molar-refractivity contribution >= 4 is 17.5 Å². The lowest BCUT2D eigenvalue weighted by atomic mass is 10.1. The van der Waals surface area contributed by atoms with Crippen molar-refractivity contribution in [3.63, 3.8) is 0 Å². The number of alkyl halides is 1. The number of phenolic OH excluding ortho intramolecular Hbond substituents is 2. The summed E-state index contributed by atoms with van der Waals surface area (Å²) in [7, 11) is 0. The minimum atomic E-state index is -0.321. The van der Waals surface area contributed by atoms with Gasteiger partial charge in [0.15, 0.2) is 0 Å². The summed E-state index contributed by atoms with van der Waals surface area (Å²) in [5.41, 5.74) is 0.236. The highest BCUT2D eigenvalue weighted by molar-refractivity contribution is 6.17. The Bertz CT molecular complexity index is 375.